The van der Waals surface area contributed by atoms with Crippen LogP contribution >= 0.6 is 0 Å². The second-order valence-corrected chi connectivity index (χ2v) is 4.90. The minimum atomic E-state index is -0.111. The molecule has 0 radical (unpaired) electrons. The van der Waals surface area contributed by atoms with Gasteiger partial charge in [-0.25, -0.2) is 4.68 Å². The summed E-state index contributed by atoms with van der Waals surface area (Å²) in [6, 6.07) is 9.27. The van der Waals surface area contributed by atoms with Crippen LogP contribution in [0.15, 0.2) is 35.1 Å². The van der Waals surface area contributed by atoms with Gasteiger partial charge in [-0.05, 0) is 37.2 Å². The van der Waals surface area contributed by atoms with Crippen molar-refractivity contribution in [3.8, 4) is 5.75 Å². The summed E-state index contributed by atoms with van der Waals surface area (Å²) in [7, 11) is 1.63. The van der Waals surface area contributed by atoms with E-state index >= 15 is 0 Å². The zero-order valence-corrected chi connectivity index (χ0v) is 12.7. The van der Waals surface area contributed by atoms with Gasteiger partial charge in [0.25, 0.3) is 5.56 Å². The first-order chi connectivity index (χ1) is 10.1. The van der Waals surface area contributed by atoms with Crippen molar-refractivity contribution in [1.82, 2.24) is 15.1 Å². The smallest absolute Gasteiger partial charge is 0.267 e. The summed E-state index contributed by atoms with van der Waals surface area (Å²) in [5.41, 5.74) is 2.82. The molecule has 1 aromatic carbocycles. The molecule has 1 aromatic heterocycles. The minimum absolute atomic E-state index is 0.111. The molecule has 1 N–H and O–H groups in total. The van der Waals surface area contributed by atoms with E-state index in [1.165, 1.54) is 10.7 Å². The van der Waals surface area contributed by atoms with Gasteiger partial charge in [-0.2, -0.15) is 5.10 Å². The number of rotatable bonds is 6. The fourth-order valence-corrected chi connectivity index (χ4v) is 2.16. The standard InChI is InChI=1S/C16H21N3O2/c1-4-17-10-13-6-7-15(21-3)14(9-13)11-19-16(20)8-5-12(2)18-19/h5-9,17H,4,10-11H2,1-3H3. The molecule has 0 saturated heterocycles. The molecular weight excluding hydrogens is 266 g/mol. The summed E-state index contributed by atoms with van der Waals surface area (Å²) in [4.78, 5) is 11.9. The van der Waals surface area contributed by atoms with Crippen LogP contribution in [0.4, 0.5) is 0 Å². The van der Waals surface area contributed by atoms with Crippen LogP contribution in [0.1, 0.15) is 23.7 Å². The third-order valence-corrected chi connectivity index (χ3v) is 3.24. The maximum atomic E-state index is 11.9. The van der Waals surface area contributed by atoms with Crippen LogP contribution in [0.5, 0.6) is 5.75 Å². The molecule has 0 aliphatic heterocycles. The molecule has 0 aliphatic carbocycles. The number of benzene rings is 1. The molecule has 2 rings (SSSR count). The number of ether oxygens (including phenoxy) is 1. The first kappa shape index (κ1) is 15.3. The molecule has 0 spiro atoms. The van der Waals surface area contributed by atoms with Crippen LogP contribution in [0.25, 0.3) is 0 Å². The second-order valence-electron chi connectivity index (χ2n) is 4.90. The summed E-state index contributed by atoms with van der Waals surface area (Å²) in [5.74, 6) is 0.769. The second kappa shape index (κ2) is 7.04. The molecule has 0 saturated carbocycles. The van der Waals surface area contributed by atoms with Crippen LogP contribution in [-0.4, -0.2) is 23.4 Å². The van der Waals surface area contributed by atoms with Gasteiger partial charge < -0.3 is 10.1 Å². The Morgan fingerprint density at radius 3 is 2.81 bits per heavy atom. The molecule has 2 aromatic rings. The third kappa shape index (κ3) is 3.92. The Hall–Kier alpha value is -2.14. The van der Waals surface area contributed by atoms with Crippen LogP contribution < -0.4 is 15.6 Å². The van der Waals surface area contributed by atoms with Crippen molar-refractivity contribution in [2.24, 2.45) is 0 Å². The number of nitrogens with one attached hydrogen (secondary N) is 1. The predicted molar refractivity (Wildman–Crippen MR) is 82.7 cm³/mol. The first-order valence-electron chi connectivity index (χ1n) is 7.05. The molecule has 0 unspecified atom stereocenters. The van der Waals surface area contributed by atoms with E-state index in [1.54, 1.807) is 13.2 Å². The summed E-state index contributed by atoms with van der Waals surface area (Å²) in [6.07, 6.45) is 0. The van der Waals surface area contributed by atoms with Crippen molar-refractivity contribution in [2.75, 3.05) is 13.7 Å². The highest BCUT2D eigenvalue weighted by Crippen LogP contribution is 2.20. The Bertz CT molecular complexity index is 665. The Kier molecular flexibility index (Phi) is 5.11. The van der Waals surface area contributed by atoms with E-state index in [-0.39, 0.29) is 5.56 Å². The molecule has 0 fully saturated rings. The Labute approximate surface area is 124 Å². The Morgan fingerprint density at radius 2 is 2.10 bits per heavy atom. The molecule has 112 valence electrons. The molecule has 0 amide bonds. The Balaban J connectivity index is 2.32. The van der Waals surface area contributed by atoms with E-state index < -0.39 is 0 Å². The van der Waals surface area contributed by atoms with Gasteiger partial charge >= 0.3 is 0 Å². The number of hydrogen-bond acceptors (Lipinski definition) is 4. The molecule has 0 aliphatic rings. The van der Waals surface area contributed by atoms with E-state index in [4.69, 9.17) is 4.74 Å². The number of hydrogen-bond donors (Lipinski definition) is 1. The fourth-order valence-electron chi connectivity index (χ4n) is 2.16. The van der Waals surface area contributed by atoms with Gasteiger partial charge in [0.2, 0.25) is 0 Å². The summed E-state index contributed by atoms with van der Waals surface area (Å²) >= 11 is 0. The van der Waals surface area contributed by atoms with E-state index in [9.17, 15) is 4.79 Å². The maximum Gasteiger partial charge on any atom is 0.267 e. The fraction of sp³-hybridized carbons (Fsp3) is 0.375. The van der Waals surface area contributed by atoms with Crippen molar-refractivity contribution in [1.29, 1.82) is 0 Å². The van der Waals surface area contributed by atoms with E-state index in [0.29, 0.717) is 6.54 Å². The van der Waals surface area contributed by atoms with Crippen molar-refractivity contribution >= 4 is 0 Å². The van der Waals surface area contributed by atoms with Gasteiger partial charge in [0, 0.05) is 18.2 Å². The number of aromatic nitrogens is 2. The predicted octanol–water partition coefficient (Wildman–Crippen LogP) is 1.72. The summed E-state index contributed by atoms with van der Waals surface area (Å²) < 4.78 is 6.85. The zero-order chi connectivity index (χ0) is 15.2. The van der Waals surface area contributed by atoms with E-state index in [0.717, 1.165) is 35.7 Å². The topological polar surface area (TPSA) is 56.1 Å². The highest BCUT2D eigenvalue weighted by molar-refractivity contribution is 5.37. The molecule has 1 heterocycles. The molecule has 0 atom stereocenters. The van der Waals surface area contributed by atoms with Gasteiger partial charge in [-0.15, -0.1) is 0 Å². The number of nitrogens with zero attached hydrogens (tertiary/aromatic N) is 2. The largest absolute Gasteiger partial charge is 0.496 e. The zero-order valence-electron chi connectivity index (χ0n) is 12.7. The normalized spacial score (nSPS) is 10.6. The van der Waals surface area contributed by atoms with Gasteiger partial charge in [-0.3, -0.25) is 4.79 Å². The van der Waals surface area contributed by atoms with Crippen LogP contribution in [0, 0.1) is 6.92 Å². The highest BCUT2D eigenvalue weighted by Gasteiger charge is 2.07. The lowest BCUT2D eigenvalue weighted by molar-refractivity contribution is 0.406. The van der Waals surface area contributed by atoms with Gasteiger partial charge in [0.05, 0.1) is 19.3 Å². The lowest BCUT2D eigenvalue weighted by Crippen LogP contribution is -2.23. The van der Waals surface area contributed by atoms with E-state index in [2.05, 4.69) is 23.4 Å². The van der Waals surface area contributed by atoms with Gasteiger partial charge in [0.1, 0.15) is 5.75 Å². The van der Waals surface area contributed by atoms with Crippen LogP contribution in [-0.2, 0) is 13.1 Å². The molecule has 0 bridgehead atoms. The SMILES string of the molecule is CCNCc1ccc(OC)c(Cn2nc(C)ccc2=O)c1. The number of aryl methyl sites for hydroxylation is 1. The molecule has 21 heavy (non-hydrogen) atoms. The first-order valence-corrected chi connectivity index (χ1v) is 7.05. The van der Waals surface area contributed by atoms with Crippen molar-refractivity contribution in [3.05, 3.63) is 57.5 Å². The average molecular weight is 287 g/mol. The third-order valence-electron chi connectivity index (χ3n) is 3.24. The molecule has 5 nitrogen and oxygen atoms in total. The van der Waals surface area contributed by atoms with Crippen molar-refractivity contribution < 1.29 is 4.74 Å². The molecule has 5 heteroatoms. The lowest BCUT2D eigenvalue weighted by atomic mass is 10.1. The van der Waals surface area contributed by atoms with Crippen LogP contribution in [0.3, 0.4) is 0 Å². The average Bonchev–Trinajstić information content (AvgIpc) is 2.49. The van der Waals surface area contributed by atoms with Gasteiger partial charge in [0.15, 0.2) is 0 Å². The van der Waals surface area contributed by atoms with Crippen molar-refractivity contribution in [2.45, 2.75) is 26.9 Å². The number of methoxy groups -OCH3 is 1. The van der Waals surface area contributed by atoms with Crippen LogP contribution in [0.2, 0.25) is 0 Å². The minimum Gasteiger partial charge on any atom is -0.496 e. The van der Waals surface area contributed by atoms with Crippen molar-refractivity contribution in [3.63, 3.8) is 0 Å². The van der Waals surface area contributed by atoms with E-state index in [1.807, 2.05) is 19.1 Å². The van der Waals surface area contributed by atoms with Gasteiger partial charge in [-0.1, -0.05) is 13.0 Å². The monoisotopic (exact) mass is 287 g/mol. The lowest BCUT2D eigenvalue weighted by Gasteiger charge is -2.12. The maximum absolute atomic E-state index is 11.9. The summed E-state index contributed by atoms with van der Waals surface area (Å²) in [6.45, 7) is 6.06. The Morgan fingerprint density at radius 1 is 1.29 bits per heavy atom. The summed E-state index contributed by atoms with van der Waals surface area (Å²) in [5, 5.41) is 7.56. The quantitative estimate of drug-likeness (QED) is 0.879. The molecular formula is C16H21N3O2. The highest BCUT2D eigenvalue weighted by atomic mass is 16.5.